The van der Waals surface area contributed by atoms with E-state index in [0.717, 1.165) is 54.9 Å². The predicted octanol–water partition coefficient (Wildman–Crippen LogP) is 5.24. The third-order valence-electron chi connectivity index (χ3n) is 7.33. The monoisotopic (exact) mass is 496 g/mol. The lowest BCUT2D eigenvalue weighted by Crippen LogP contribution is -2.36. The summed E-state index contributed by atoms with van der Waals surface area (Å²) in [5.41, 5.74) is 6.30. The Labute approximate surface area is 217 Å². The van der Waals surface area contributed by atoms with Gasteiger partial charge in [-0.15, -0.1) is 0 Å². The second-order valence-corrected chi connectivity index (χ2v) is 9.89. The molecule has 3 aromatic rings. The van der Waals surface area contributed by atoms with Gasteiger partial charge in [-0.2, -0.15) is 0 Å². The molecule has 37 heavy (non-hydrogen) atoms. The molecule has 1 fully saturated rings. The van der Waals surface area contributed by atoms with Gasteiger partial charge in [0.15, 0.2) is 0 Å². The Kier molecular flexibility index (Phi) is 6.70. The molecular formula is C30H32N4O3. The van der Waals surface area contributed by atoms with Crippen LogP contribution in [0.2, 0.25) is 0 Å². The van der Waals surface area contributed by atoms with Crippen molar-refractivity contribution in [2.45, 2.75) is 46.1 Å². The fourth-order valence-electron chi connectivity index (χ4n) is 5.22. The van der Waals surface area contributed by atoms with Gasteiger partial charge < -0.3 is 20.5 Å². The zero-order chi connectivity index (χ0) is 26.1. The van der Waals surface area contributed by atoms with E-state index < -0.39 is 0 Å². The van der Waals surface area contributed by atoms with E-state index in [-0.39, 0.29) is 23.8 Å². The Morgan fingerprint density at radius 2 is 1.76 bits per heavy atom. The fraction of sp³-hybridized carbons (Fsp3) is 0.300. The summed E-state index contributed by atoms with van der Waals surface area (Å²) >= 11 is 0. The number of nitrogens with one attached hydrogen (secondary N) is 3. The smallest absolute Gasteiger partial charge is 0.256 e. The van der Waals surface area contributed by atoms with Gasteiger partial charge in [0, 0.05) is 41.3 Å². The van der Waals surface area contributed by atoms with Gasteiger partial charge in [0.25, 0.3) is 17.7 Å². The minimum Gasteiger partial charge on any atom is -0.358 e. The Morgan fingerprint density at radius 1 is 1.03 bits per heavy atom. The molecule has 2 aromatic carbocycles. The lowest BCUT2D eigenvalue weighted by Gasteiger charge is -2.27. The van der Waals surface area contributed by atoms with Crippen LogP contribution in [0.5, 0.6) is 0 Å². The van der Waals surface area contributed by atoms with Crippen molar-refractivity contribution in [2.24, 2.45) is 0 Å². The molecule has 0 radical (unpaired) electrons. The summed E-state index contributed by atoms with van der Waals surface area (Å²) in [5.74, 6) is -0.404. The number of fused-ring (bicyclic) bond motifs is 1. The number of H-pyrrole nitrogens is 1. The second kappa shape index (κ2) is 10.1. The van der Waals surface area contributed by atoms with Crippen LogP contribution < -0.4 is 10.6 Å². The molecule has 5 rings (SSSR count). The van der Waals surface area contributed by atoms with Gasteiger partial charge >= 0.3 is 0 Å². The van der Waals surface area contributed by atoms with Crippen molar-refractivity contribution in [3.8, 4) is 0 Å². The summed E-state index contributed by atoms with van der Waals surface area (Å²) in [7, 11) is 0. The largest absolute Gasteiger partial charge is 0.358 e. The molecule has 0 spiro atoms. The van der Waals surface area contributed by atoms with Gasteiger partial charge in [0.2, 0.25) is 0 Å². The number of aromatic amines is 1. The molecule has 3 N–H and O–H groups in total. The van der Waals surface area contributed by atoms with E-state index in [4.69, 9.17) is 0 Å². The molecule has 7 heteroatoms. The summed E-state index contributed by atoms with van der Waals surface area (Å²) in [6, 6.07) is 14.8. The molecular weight excluding hydrogens is 464 g/mol. The maximum atomic E-state index is 13.2. The summed E-state index contributed by atoms with van der Waals surface area (Å²) < 4.78 is 0. The Bertz CT molecular complexity index is 1400. The lowest BCUT2D eigenvalue weighted by molar-refractivity contribution is -0.110. The number of carbonyl (C=O) groups is 3. The third-order valence-corrected chi connectivity index (χ3v) is 7.33. The number of nitrogens with zero attached hydrogens (tertiary/aromatic N) is 1. The summed E-state index contributed by atoms with van der Waals surface area (Å²) in [6.07, 6.45) is 5.00. The van der Waals surface area contributed by atoms with Crippen molar-refractivity contribution in [2.75, 3.05) is 18.4 Å². The number of hydrogen-bond acceptors (Lipinski definition) is 3. The molecule has 1 aromatic heterocycles. The molecule has 3 heterocycles. The maximum Gasteiger partial charge on any atom is 0.256 e. The highest BCUT2D eigenvalue weighted by Crippen LogP contribution is 2.35. The van der Waals surface area contributed by atoms with E-state index in [1.807, 2.05) is 56.0 Å². The predicted molar refractivity (Wildman–Crippen MR) is 145 cm³/mol. The number of hydrogen-bond donors (Lipinski definition) is 3. The zero-order valence-corrected chi connectivity index (χ0v) is 21.5. The van der Waals surface area contributed by atoms with Crippen LogP contribution >= 0.6 is 0 Å². The van der Waals surface area contributed by atoms with Crippen LogP contribution in [0, 0.1) is 13.8 Å². The number of benzene rings is 2. The van der Waals surface area contributed by atoms with Gasteiger partial charge in [-0.25, -0.2) is 0 Å². The maximum absolute atomic E-state index is 13.2. The molecule has 2 aliphatic heterocycles. The molecule has 190 valence electrons. The van der Waals surface area contributed by atoms with E-state index >= 15 is 0 Å². The number of amides is 3. The highest BCUT2D eigenvalue weighted by Gasteiger charge is 2.28. The average molecular weight is 497 g/mol. The topological polar surface area (TPSA) is 94.3 Å². The van der Waals surface area contributed by atoms with E-state index in [1.165, 1.54) is 0 Å². The van der Waals surface area contributed by atoms with E-state index in [1.54, 1.807) is 24.3 Å². The first-order valence-corrected chi connectivity index (χ1v) is 12.8. The van der Waals surface area contributed by atoms with Gasteiger partial charge in [-0.3, -0.25) is 14.4 Å². The van der Waals surface area contributed by atoms with E-state index in [2.05, 4.69) is 15.6 Å². The number of aryl methyl sites for hydroxylation is 1. The zero-order valence-electron chi connectivity index (χ0n) is 21.5. The standard InChI is InChI=1S/C30H32N4O3/c1-18-26(31-20(3)27(18)30(37)34-14-8-5-9-15-34)17-24-23-16-22(12-13-25(23)33-29(24)36)28(35)32-19(2)21-10-6-4-7-11-21/h4,6-7,10-13,16-17,19,31H,5,8-9,14-15H2,1-3H3,(H,32,35)(H,33,36)/b24-17-/t19-/m0/s1. The van der Waals surface area contributed by atoms with Crippen molar-refractivity contribution in [1.82, 2.24) is 15.2 Å². The second-order valence-electron chi connectivity index (χ2n) is 9.89. The Balaban J connectivity index is 1.42. The highest BCUT2D eigenvalue weighted by molar-refractivity contribution is 6.35. The number of piperidine rings is 1. The normalized spacial score (nSPS) is 16.9. The molecule has 1 atom stereocenters. The van der Waals surface area contributed by atoms with Crippen molar-refractivity contribution in [3.05, 3.63) is 87.7 Å². The lowest BCUT2D eigenvalue weighted by atomic mass is 10.0. The van der Waals surface area contributed by atoms with Crippen LogP contribution in [0.15, 0.2) is 48.5 Å². The van der Waals surface area contributed by atoms with Crippen molar-refractivity contribution >= 4 is 35.1 Å². The first kappa shape index (κ1) is 24.6. The van der Waals surface area contributed by atoms with Gasteiger partial charge in [-0.05, 0) is 75.4 Å². The van der Waals surface area contributed by atoms with Gasteiger partial charge in [-0.1, -0.05) is 30.3 Å². The number of aromatic nitrogens is 1. The Morgan fingerprint density at radius 3 is 2.49 bits per heavy atom. The summed E-state index contributed by atoms with van der Waals surface area (Å²) in [6.45, 7) is 7.31. The van der Waals surface area contributed by atoms with Crippen LogP contribution in [0.25, 0.3) is 11.6 Å². The molecule has 0 unspecified atom stereocenters. The summed E-state index contributed by atoms with van der Waals surface area (Å²) in [4.78, 5) is 44.4. The molecule has 2 aliphatic rings. The average Bonchev–Trinajstić information content (AvgIpc) is 3.38. The molecule has 0 aliphatic carbocycles. The molecule has 0 bridgehead atoms. The minimum atomic E-state index is -0.235. The molecule has 3 amide bonds. The number of likely N-dealkylation sites (tertiary alicyclic amines) is 1. The van der Waals surface area contributed by atoms with Crippen LogP contribution in [-0.2, 0) is 4.79 Å². The SMILES string of the molecule is Cc1[nH]c(/C=C2\C(=O)Nc3ccc(C(=O)N[C@@H](C)c4ccccc4)cc32)c(C)c1C(=O)N1CCCCC1. The van der Waals surface area contributed by atoms with Crippen LogP contribution in [0.3, 0.4) is 0 Å². The van der Waals surface area contributed by atoms with Gasteiger partial charge in [0.1, 0.15) is 0 Å². The van der Waals surface area contributed by atoms with Crippen LogP contribution in [0.4, 0.5) is 5.69 Å². The molecule has 0 saturated carbocycles. The minimum absolute atomic E-state index is 0.0402. The van der Waals surface area contributed by atoms with Crippen LogP contribution in [0.1, 0.15) is 81.0 Å². The van der Waals surface area contributed by atoms with Crippen molar-refractivity contribution in [3.63, 3.8) is 0 Å². The molecule has 1 saturated heterocycles. The highest BCUT2D eigenvalue weighted by atomic mass is 16.2. The third kappa shape index (κ3) is 4.81. The van der Waals surface area contributed by atoms with E-state index in [0.29, 0.717) is 28.0 Å². The quantitative estimate of drug-likeness (QED) is 0.422. The number of anilines is 1. The van der Waals surface area contributed by atoms with Gasteiger partial charge in [0.05, 0.1) is 17.2 Å². The van der Waals surface area contributed by atoms with Crippen molar-refractivity contribution in [1.29, 1.82) is 0 Å². The first-order chi connectivity index (χ1) is 17.8. The van der Waals surface area contributed by atoms with E-state index in [9.17, 15) is 14.4 Å². The number of rotatable bonds is 5. The summed E-state index contributed by atoms with van der Waals surface area (Å²) in [5, 5.41) is 5.92. The molecule has 7 nitrogen and oxygen atoms in total. The Hall–Kier alpha value is -4.13. The first-order valence-electron chi connectivity index (χ1n) is 12.8. The number of carbonyl (C=O) groups excluding carboxylic acids is 3. The van der Waals surface area contributed by atoms with Crippen LogP contribution in [-0.4, -0.2) is 40.7 Å². The fourth-order valence-corrected chi connectivity index (χ4v) is 5.22. The van der Waals surface area contributed by atoms with Crippen molar-refractivity contribution < 1.29 is 14.4 Å².